The molecule has 0 radical (unpaired) electrons. The Kier molecular flexibility index (Phi) is 7.33. The van der Waals surface area contributed by atoms with Gasteiger partial charge in [0.15, 0.2) is 0 Å². The van der Waals surface area contributed by atoms with Crippen LogP contribution in [0.5, 0.6) is 0 Å². The van der Waals surface area contributed by atoms with Gasteiger partial charge in [-0.15, -0.1) is 0 Å². The van der Waals surface area contributed by atoms with Crippen LogP contribution in [0.2, 0.25) is 5.02 Å². The summed E-state index contributed by atoms with van der Waals surface area (Å²) in [6.07, 6.45) is -1.61. The first-order chi connectivity index (χ1) is 13.0. The molecule has 0 spiro atoms. The van der Waals surface area contributed by atoms with Crippen LogP contribution in [0.4, 0.5) is 18.9 Å². The van der Waals surface area contributed by atoms with Crippen molar-refractivity contribution in [2.75, 3.05) is 25.5 Å². The number of carbonyl (C=O) groups excluding carboxylic acids is 2. The zero-order chi connectivity index (χ0) is 21.1. The standard InChI is InChI=1S/C19H25ClF3N3O2/c1-12-5-4-6-13(2)26(12)18(28)11-25(3)10-17(27)24-14-7-8-16(20)15(9-14)19(21,22)23/h7-9,12-13H,4-6,10-11H2,1-3H3,(H,24,27). The molecule has 5 nitrogen and oxygen atoms in total. The highest BCUT2D eigenvalue weighted by Crippen LogP contribution is 2.36. The molecule has 1 heterocycles. The molecule has 2 rings (SSSR count). The van der Waals surface area contributed by atoms with Crippen LogP contribution in [0, 0.1) is 0 Å². The molecule has 2 unspecified atom stereocenters. The molecule has 0 saturated carbocycles. The molecule has 0 aliphatic carbocycles. The summed E-state index contributed by atoms with van der Waals surface area (Å²) in [4.78, 5) is 28.1. The molecule has 1 aliphatic heterocycles. The van der Waals surface area contributed by atoms with Crippen molar-refractivity contribution < 1.29 is 22.8 Å². The second-order valence-electron chi connectivity index (χ2n) is 7.34. The second kappa shape index (κ2) is 9.13. The fourth-order valence-corrected chi connectivity index (χ4v) is 3.77. The molecule has 2 amide bonds. The summed E-state index contributed by atoms with van der Waals surface area (Å²) in [6.45, 7) is 3.97. The van der Waals surface area contributed by atoms with Gasteiger partial charge in [0.2, 0.25) is 11.8 Å². The third kappa shape index (κ3) is 5.85. The normalized spacial score (nSPS) is 20.4. The van der Waals surface area contributed by atoms with Crippen LogP contribution in [0.15, 0.2) is 18.2 Å². The Labute approximate surface area is 167 Å². The Morgan fingerprint density at radius 1 is 1.21 bits per heavy atom. The minimum absolute atomic E-state index is 0.000253. The SMILES string of the molecule is CC1CCCC(C)N1C(=O)CN(C)CC(=O)Nc1ccc(Cl)c(C(F)(F)F)c1. The van der Waals surface area contributed by atoms with E-state index < -0.39 is 22.7 Å². The summed E-state index contributed by atoms with van der Waals surface area (Å²) >= 11 is 5.57. The molecule has 156 valence electrons. The molecule has 2 atom stereocenters. The lowest BCUT2D eigenvalue weighted by Crippen LogP contribution is -2.51. The van der Waals surface area contributed by atoms with Gasteiger partial charge in [-0.25, -0.2) is 0 Å². The lowest BCUT2D eigenvalue weighted by atomic mass is 9.97. The Morgan fingerprint density at radius 2 is 1.82 bits per heavy atom. The number of anilines is 1. The van der Waals surface area contributed by atoms with E-state index in [0.29, 0.717) is 0 Å². The molecular formula is C19H25ClF3N3O2. The van der Waals surface area contributed by atoms with Gasteiger partial charge in [0.1, 0.15) is 0 Å². The molecule has 1 saturated heterocycles. The first-order valence-corrected chi connectivity index (χ1v) is 9.53. The van der Waals surface area contributed by atoms with Crippen molar-refractivity contribution in [3.8, 4) is 0 Å². The lowest BCUT2D eigenvalue weighted by Gasteiger charge is -2.39. The lowest BCUT2D eigenvalue weighted by molar-refractivity contribution is -0.139. The number of rotatable bonds is 5. The van der Waals surface area contributed by atoms with Crippen molar-refractivity contribution in [2.45, 2.75) is 51.4 Å². The molecule has 0 bridgehead atoms. The van der Waals surface area contributed by atoms with E-state index in [1.165, 1.54) is 6.07 Å². The Balaban J connectivity index is 1.93. The predicted octanol–water partition coefficient (Wildman–Crippen LogP) is 4.02. The topological polar surface area (TPSA) is 52.7 Å². The van der Waals surface area contributed by atoms with E-state index in [2.05, 4.69) is 5.32 Å². The van der Waals surface area contributed by atoms with Crippen LogP contribution in [0.25, 0.3) is 0 Å². The van der Waals surface area contributed by atoms with Crippen molar-refractivity contribution in [3.05, 3.63) is 28.8 Å². The summed E-state index contributed by atoms with van der Waals surface area (Å²) in [5.41, 5.74) is -1.01. The highest BCUT2D eigenvalue weighted by atomic mass is 35.5. The Hall–Kier alpha value is -1.80. The van der Waals surface area contributed by atoms with Crippen LogP contribution in [0.3, 0.4) is 0 Å². The quantitative estimate of drug-likeness (QED) is 0.784. The maximum absolute atomic E-state index is 12.9. The third-order valence-corrected chi connectivity index (χ3v) is 5.19. The molecule has 1 N–H and O–H groups in total. The van der Waals surface area contributed by atoms with E-state index in [4.69, 9.17) is 11.6 Å². The monoisotopic (exact) mass is 419 g/mol. The number of hydrogen-bond acceptors (Lipinski definition) is 3. The number of piperidine rings is 1. The fourth-order valence-electron chi connectivity index (χ4n) is 3.55. The van der Waals surface area contributed by atoms with Crippen LogP contribution in [0.1, 0.15) is 38.7 Å². The van der Waals surface area contributed by atoms with Crippen LogP contribution in [-0.4, -0.2) is 53.8 Å². The molecule has 1 fully saturated rings. The van der Waals surface area contributed by atoms with Gasteiger partial charge in [-0.3, -0.25) is 14.5 Å². The number of nitrogens with one attached hydrogen (secondary N) is 1. The number of amides is 2. The highest BCUT2D eigenvalue weighted by molar-refractivity contribution is 6.31. The molecule has 9 heteroatoms. The van der Waals surface area contributed by atoms with Crippen LogP contribution < -0.4 is 5.32 Å². The first kappa shape index (κ1) is 22.5. The van der Waals surface area contributed by atoms with Gasteiger partial charge >= 0.3 is 6.18 Å². The largest absolute Gasteiger partial charge is 0.417 e. The zero-order valence-electron chi connectivity index (χ0n) is 16.1. The number of hydrogen-bond donors (Lipinski definition) is 1. The highest BCUT2D eigenvalue weighted by Gasteiger charge is 2.33. The predicted molar refractivity (Wildman–Crippen MR) is 102 cm³/mol. The van der Waals surface area contributed by atoms with E-state index in [9.17, 15) is 22.8 Å². The van der Waals surface area contributed by atoms with E-state index in [1.807, 2.05) is 18.7 Å². The van der Waals surface area contributed by atoms with Gasteiger partial charge in [0.05, 0.1) is 23.7 Å². The number of likely N-dealkylation sites (tertiary alicyclic amines) is 1. The Morgan fingerprint density at radius 3 is 2.39 bits per heavy atom. The van der Waals surface area contributed by atoms with E-state index >= 15 is 0 Å². The van der Waals surface area contributed by atoms with E-state index in [1.54, 1.807) is 11.9 Å². The second-order valence-corrected chi connectivity index (χ2v) is 7.75. The van der Waals surface area contributed by atoms with Crippen molar-refractivity contribution in [1.82, 2.24) is 9.80 Å². The smallest absolute Gasteiger partial charge is 0.336 e. The minimum atomic E-state index is -4.61. The molecule has 1 aliphatic rings. The van der Waals surface area contributed by atoms with Crippen molar-refractivity contribution >= 4 is 29.1 Å². The number of carbonyl (C=O) groups is 2. The maximum Gasteiger partial charge on any atom is 0.417 e. The first-order valence-electron chi connectivity index (χ1n) is 9.15. The van der Waals surface area contributed by atoms with Crippen molar-refractivity contribution in [2.24, 2.45) is 0 Å². The van der Waals surface area contributed by atoms with Gasteiger partial charge in [-0.1, -0.05) is 11.6 Å². The zero-order valence-corrected chi connectivity index (χ0v) is 16.9. The number of nitrogens with zero attached hydrogens (tertiary/aromatic N) is 2. The van der Waals surface area contributed by atoms with E-state index in [0.717, 1.165) is 31.4 Å². The molecule has 0 aromatic heterocycles. The number of halogens is 4. The fraction of sp³-hybridized carbons (Fsp3) is 0.579. The van der Waals surface area contributed by atoms with Gasteiger partial charge in [0, 0.05) is 17.8 Å². The molecule has 28 heavy (non-hydrogen) atoms. The van der Waals surface area contributed by atoms with Crippen molar-refractivity contribution in [3.63, 3.8) is 0 Å². The summed E-state index contributed by atoms with van der Waals surface area (Å²) in [6, 6.07) is 3.51. The maximum atomic E-state index is 12.9. The number of alkyl halides is 3. The number of likely N-dealkylation sites (N-methyl/N-ethyl adjacent to an activating group) is 1. The summed E-state index contributed by atoms with van der Waals surface area (Å²) < 4.78 is 38.7. The average molecular weight is 420 g/mol. The van der Waals surface area contributed by atoms with Gasteiger partial charge in [-0.05, 0) is 58.4 Å². The minimum Gasteiger partial charge on any atom is -0.336 e. The Bertz CT molecular complexity index is 717. The van der Waals surface area contributed by atoms with Gasteiger partial charge in [0.25, 0.3) is 0 Å². The van der Waals surface area contributed by atoms with Crippen LogP contribution in [-0.2, 0) is 15.8 Å². The molecule has 1 aromatic carbocycles. The number of benzene rings is 1. The summed E-state index contributed by atoms with van der Waals surface area (Å²) in [7, 11) is 1.62. The van der Waals surface area contributed by atoms with E-state index in [-0.39, 0.29) is 36.8 Å². The molecular weight excluding hydrogens is 395 g/mol. The molecule has 1 aromatic rings. The van der Waals surface area contributed by atoms with Crippen LogP contribution >= 0.6 is 11.6 Å². The average Bonchev–Trinajstić information content (AvgIpc) is 2.55. The van der Waals surface area contributed by atoms with Gasteiger partial charge in [-0.2, -0.15) is 13.2 Å². The summed E-state index contributed by atoms with van der Waals surface area (Å²) in [5.74, 6) is -0.564. The van der Waals surface area contributed by atoms with Gasteiger partial charge < -0.3 is 10.2 Å². The van der Waals surface area contributed by atoms with Crippen molar-refractivity contribution in [1.29, 1.82) is 0 Å². The third-order valence-electron chi connectivity index (χ3n) is 4.86. The summed E-state index contributed by atoms with van der Waals surface area (Å²) in [5, 5.41) is 1.99.